The molecule has 3 nitrogen and oxygen atoms in total. The van der Waals surface area contributed by atoms with Crippen LogP contribution in [0.25, 0.3) is 53.1 Å². The van der Waals surface area contributed by atoms with E-state index < -0.39 is 0 Å². The van der Waals surface area contributed by atoms with Crippen molar-refractivity contribution in [3.05, 3.63) is 109 Å². The molecule has 0 saturated heterocycles. The molecule has 1 saturated carbocycles. The molecule has 1 aliphatic carbocycles. The predicted octanol–water partition coefficient (Wildman–Crippen LogP) is 9.76. The molecule has 215 valence electrons. The maximum atomic E-state index is 10.0. The Morgan fingerprint density at radius 2 is 1.67 bits per heavy atom. The molecule has 7 rings (SSSR count). The van der Waals surface area contributed by atoms with E-state index in [2.05, 4.69) is 97.4 Å². The van der Waals surface area contributed by atoms with Crippen LogP contribution in [-0.4, -0.2) is 10.9 Å². The molecule has 1 radical (unpaired) electrons. The maximum Gasteiger partial charge on any atom is 0.155 e. The van der Waals surface area contributed by atoms with Gasteiger partial charge in [-0.1, -0.05) is 79.2 Å². The van der Waals surface area contributed by atoms with Crippen LogP contribution in [0.3, 0.4) is 0 Å². The van der Waals surface area contributed by atoms with E-state index in [1.54, 1.807) is 0 Å². The Kier molecular flexibility index (Phi) is 8.84. The molecule has 6 aromatic rings. The van der Waals surface area contributed by atoms with Crippen molar-refractivity contribution in [2.45, 2.75) is 52.4 Å². The van der Waals surface area contributed by atoms with Crippen molar-refractivity contribution < 1.29 is 34.6 Å². The molecular weight excluding hydrogens is 715 g/mol. The standard InChI is InChI=1S/C32H26NS.C5H8O2.Ir/c1-20-17-26-24-13-7-8-14-30(24)34-32(26)27(18-20)29-19-25(21-9-3-4-10-21)31-23-12-6-5-11-22(23)15-16-28(31)33(29)2;1-4(6)3-5(2)7;/h5-8,11-17,19,21H,2-4,9-10H2,1H3;3,6H,1-2H3;/q-1;;/b;4-3-;. The van der Waals surface area contributed by atoms with Gasteiger partial charge in [-0.05, 0) is 77.2 Å². The third kappa shape index (κ3) is 5.62. The Morgan fingerprint density at radius 1 is 0.976 bits per heavy atom. The van der Waals surface area contributed by atoms with Crippen molar-refractivity contribution >= 4 is 59.0 Å². The molecule has 4 aromatic carbocycles. The number of aromatic nitrogens is 1. The third-order valence-electron chi connectivity index (χ3n) is 8.08. The molecule has 0 unspecified atom stereocenters. The first-order valence-corrected chi connectivity index (χ1v) is 15.1. The summed E-state index contributed by atoms with van der Waals surface area (Å²) in [6, 6.07) is 30.5. The third-order valence-corrected chi connectivity index (χ3v) is 9.28. The first-order chi connectivity index (χ1) is 19.8. The number of carbonyl (C=O) groups excluding carboxylic acids is 1. The Balaban J connectivity index is 0.000000396. The number of ketones is 1. The molecule has 0 spiro atoms. The number of fused-ring (bicyclic) bond motifs is 6. The Hall–Kier alpha value is -3.50. The molecule has 1 N–H and O–H groups in total. The number of aliphatic hydroxyl groups excluding tert-OH is 1. The minimum absolute atomic E-state index is 0. The first-order valence-electron chi connectivity index (χ1n) is 14.3. The fourth-order valence-electron chi connectivity index (χ4n) is 6.36. The van der Waals surface area contributed by atoms with Gasteiger partial charge in [-0.25, -0.2) is 0 Å². The molecule has 5 heteroatoms. The van der Waals surface area contributed by atoms with Crippen molar-refractivity contribution in [2.24, 2.45) is 0 Å². The van der Waals surface area contributed by atoms with Gasteiger partial charge >= 0.3 is 0 Å². The van der Waals surface area contributed by atoms with Crippen molar-refractivity contribution in [1.82, 2.24) is 0 Å². The van der Waals surface area contributed by atoms with Crippen LogP contribution < -0.4 is 4.57 Å². The van der Waals surface area contributed by atoms with Crippen molar-refractivity contribution in [3.8, 4) is 11.3 Å². The Bertz CT molecular complexity index is 1980. The number of nitrogens with zero attached hydrogens (tertiary/aromatic N) is 1. The molecule has 1 aliphatic rings. The number of thiophene rings is 1. The number of pyridine rings is 1. The average molecular weight is 749 g/mol. The first kappa shape index (κ1) is 30.0. The van der Waals surface area contributed by atoms with E-state index in [-0.39, 0.29) is 31.6 Å². The second-order valence-electron chi connectivity index (χ2n) is 11.1. The molecule has 0 atom stereocenters. The van der Waals surface area contributed by atoms with Gasteiger partial charge in [-0.3, -0.25) is 4.79 Å². The number of rotatable bonds is 3. The van der Waals surface area contributed by atoms with Crippen LogP contribution in [0.15, 0.2) is 84.6 Å². The second kappa shape index (κ2) is 12.4. The van der Waals surface area contributed by atoms with Crippen LogP contribution in [0.5, 0.6) is 0 Å². The summed E-state index contributed by atoms with van der Waals surface area (Å²) < 4.78 is 4.80. The smallest absolute Gasteiger partial charge is 0.155 e. The fourth-order valence-corrected chi connectivity index (χ4v) is 7.55. The summed E-state index contributed by atoms with van der Waals surface area (Å²) in [7, 11) is 4.59. The number of aliphatic hydroxyl groups is 1. The van der Waals surface area contributed by atoms with Crippen LogP contribution in [0, 0.1) is 20.0 Å². The SMILES string of the molecule is CC(=O)/C=C(/C)O.[CH2-][n+]1c(-c2[c-]c(C)cc3c2sc2ccccc23)cc(C2CCCC2)c2c3ccccc3ccc21.[Ir]. The Labute approximate surface area is 264 Å². The van der Waals surface area contributed by atoms with Crippen molar-refractivity contribution in [3.63, 3.8) is 0 Å². The summed E-state index contributed by atoms with van der Waals surface area (Å²) in [6.45, 7) is 5.01. The van der Waals surface area contributed by atoms with Crippen LogP contribution in [0.1, 0.15) is 56.6 Å². The largest absolute Gasteiger partial charge is 0.512 e. The van der Waals surface area contributed by atoms with Crippen LogP contribution in [-0.2, 0) is 24.9 Å². The number of carbonyl (C=O) groups is 1. The van der Waals surface area contributed by atoms with Crippen molar-refractivity contribution in [1.29, 1.82) is 0 Å². The van der Waals surface area contributed by atoms with Gasteiger partial charge < -0.3 is 9.67 Å². The minimum Gasteiger partial charge on any atom is -0.512 e. The summed E-state index contributed by atoms with van der Waals surface area (Å²) >= 11 is 1.87. The van der Waals surface area contributed by atoms with Crippen LogP contribution in [0.2, 0.25) is 0 Å². The number of benzene rings is 4. The van der Waals surface area contributed by atoms with Crippen LogP contribution in [0.4, 0.5) is 0 Å². The number of aryl methyl sites for hydroxylation is 1. The van der Waals surface area contributed by atoms with Crippen LogP contribution >= 0.6 is 11.3 Å². The van der Waals surface area contributed by atoms with Gasteiger partial charge in [0.15, 0.2) is 5.78 Å². The monoisotopic (exact) mass is 749 g/mol. The molecular formula is C37H34IrNO2S-. The predicted molar refractivity (Wildman–Crippen MR) is 173 cm³/mol. The van der Waals surface area contributed by atoms with Gasteiger partial charge in [0.1, 0.15) is 11.2 Å². The van der Waals surface area contributed by atoms with Gasteiger partial charge in [-0.2, -0.15) is 11.3 Å². The molecule has 42 heavy (non-hydrogen) atoms. The van der Waals surface area contributed by atoms with E-state index in [9.17, 15) is 4.79 Å². The molecule has 1 fully saturated rings. The normalized spacial score (nSPS) is 13.8. The van der Waals surface area contributed by atoms with Gasteiger partial charge in [0.05, 0.1) is 5.76 Å². The summed E-state index contributed by atoms with van der Waals surface area (Å²) in [4.78, 5) is 10.0. The fraction of sp³-hybridized carbons (Fsp3) is 0.216. The van der Waals surface area contributed by atoms with Crippen molar-refractivity contribution in [2.75, 3.05) is 0 Å². The number of hydrogen-bond acceptors (Lipinski definition) is 3. The van der Waals surface area contributed by atoms with E-state index in [4.69, 9.17) is 5.11 Å². The average Bonchev–Trinajstić information content (AvgIpc) is 3.61. The zero-order valence-corrected chi connectivity index (χ0v) is 27.4. The number of hydrogen-bond donors (Lipinski definition) is 1. The van der Waals surface area contributed by atoms with Gasteiger partial charge in [0, 0.05) is 43.3 Å². The summed E-state index contributed by atoms with van der Waals surface area (Å²) in [6.07, 6.45) is 6.36. The molecule has 0 bridgehead atoms. The Morgan fingerprint density at radius 3 is 2.36 bits per heavy atom. The molecule has 2 aromatic heterocycles. The molecule has 2 heterocycles. The van der Waals surface area contributed by atoms with Gasteiger partial charge in [0.2, 0.25) is 0 Å². The quantitative estimate of drug-likeness (QED) is 0.0644. The molecule has 0 aliphatic heterocycles. The van der Waals surface area contributed by atoms with E-state index in [1.807, 2.05) is 11.3 Å². The van der Waals surface area contributed by atoms with E-state index in [0.29, 0.717) is 5.92 Å². The summed E-state index contributed by atoms with van der Waals surface area (Å²) in [5, 5.41) is 15.0. The summed E-state index contributed by atoms with van der Waals surface area (Å²) in [5.74, 6) is 0.545. The zero-order valence-electron chi connectivity index (χ0n) is 24.2. The van der Waals surface area contributed by atoms with E-state index in [0.717, 1.165) is 0 Å². The van der Waals surface area contributed by atoms with Gasteiger partial charge in [0.25, 0.3) is 0 Å². The topological polar surface area (TPSA) is 41.2 Å². The van der Waals surface area contributed by atoms with Gasteiger partial charge in [-0.15, -0.1) is 17.7 Å². The maximum absolute atomic E-state index is 10.0. The minimum atomic E-state index is -0.125. The molecule has 0 amide bonds. The zero-order chi connectivity index (χ0) is 28.7. The van der Waals surface area contributed by atoms with E-state index in [1.165, 1.54) is 110 Å². The van der Waals surface area contributed by atoms with E-state index >= 15 is 0 Å². The summed E-state index contributed by atoms with van der Waals surface area (Å²) in [5.41, 5.74) is 6.23. The number of allylic oxidation sites excluding steroid dienone is 2. The second-order valence-corrected chi connectivity index (χ2v) is 12.2.